The Morgan fingerprint density at radius 2 is 1.96 bits per heavy atom. The number of benzene rings is 1. The van der Waals surface area contributed by atoms with Crippen molar-refractivity contribution in [2.45, 2.75) is 45.6 Å². The Bertz CT molecular complexity index is 759. The lowest BCUT2D eigenvalue weighted by Crippen LogP contribution is -2.39. The van der Waals surface area contributed by atoms with E-state index in [2.05, 4.69) is 22.9 Å². The minimum atomic E-state index is -0.193. The van der Waals surface area contributed by atoms with E-state index in [0.29, 0.717) is 24.2 Å². The van der Waals surface area contributed by atoms with E-state index < -0.39 is 0 Å². The highest BCUT2D eigenvalue weighted by Crippen LogP contribution is 2.39. The first kappa shape index (κ1) is 18.5. The van der Waals surface area contributed by atoms with Crippen LogP contribution in [0.5, 0.6) is 0 Å². The third-order valence-corrected chi connectivity index (χ3v) is 5.54. The molecule has 0 saturated carbocycles. The van der Waals surface area contributed by atoms with Crippen molar-refractivity contribution in [3.63, 3.8) is 0 Å². The van der Waals surface area contributed by atoms with Gasteiger partial charge >= 0.3 is 0 Å². The average molecular weight is 351 g/mol. The molecule has 0 bridgehead atoms. The predicted octanol–water partition coefficient (Wildman–Crippen LogP) is 5.18. The van der Waals surface area contributed by atoms with Crippen molar-refractivity contribution in [2.75, 3.05) is 13.1 Å². The van der Waals surface area contributed by atoms with Crippen molar-refractivity contribution in [1.82, 2.24) is 9.88 Å². The topological polar surface area (TPSA) is 39.9 Å². The normalized spacial score (nSPS) is 17.0. The van der Waals surface area contributed by atoms with Crippen molar-refractivity contribution in [2.24, 2.45) is 5.41 Å². The molecular formula is C22H26FN3. The second kappa shape index (κ2) is 8.42. The van der Waals surface area contributed by atoms with Crippen LogP contribution in [0.1, 0.15) is 44.6 Å². The summed E-state index contributed by atoms with van der Waals surface area (Å²) in [5.74, 6) is -0.193. The Hall–Kier alpha value is -2.25. The van der Waals surface area contributed by atoms with Gasteiger partial charge in [0.2, 0.25) is 0 Å². The molecule has 1 aliphatic rings. The molecule has 0 atom stereocenters. The SMILES string of the molecule is CCCC1(CC#N)CCN(Cc2cnc(-c3ccccc3)cc2F)CC1. The number of rotatable bonds is 6. The summed E-state index contributed by atoms with van der Waals surface area (Å²) in [5.41, 5.74) is 2.40. The zero-order valence-corrected chi connectivity index (χ0v) is 15.4. The number of likely N-dealkylation sites (tertiary alicyclic amines) is 1. The van der Waals surface area contributed by atoms with Gasteiger partial charge in [-0.2, -0.15) is 5.26 Å². The van der Waals surface area contributed by atoms with E-state index in [1.807, 2.05) is 30.3 Å². The first-order chi connectivity index (χ1) is 12.7. The van der Waals surface area contributed by atoms with E-state index in [0.717, 1.165) is 44.3 Å². The fourth-order valence-corrected chi connectivity index (χ4v) is 3.98. The highest BCUT2D eigenvalue weighted by Gasteiger charge is 2.33. The lowest BCUT2D eigenvalue weighted by Gasteiger charge is -2.40. The van der Waals surface area contributed by atoms with Crippen LogP contribution in [0.15, 0.2) is 42.6 Å². The smallest absolute Gasteiger partial charge is 0.131 e. The molecule has 3 rings (SSSR count). The van der Waals surface area contributed by atoms with Gasteiger partial charge in [-0.05, 0) is 37.8 Å². The molecule has 0 aliphatic carbocycles. The second-order valence-electron chi connectivity index (χ2n) is 7.39. The summed E-state index contributed by atoms with van der Waals surface area (Å²) in [4.78, 5) is 6.74. The molecule has 0 amide bonds. The monoisotopic (exact) mass is 351 g/mol. The predicted molar refractivity (Wildman–Crippen MR) is 102 cm³/mol. The van der Waals surface area contributed by atoms with Crippen LogP contribution in [0.25, 0.3) is 11.3 Å². The lowest BCUT2D eigenvalue weighted by atomic mass is 9.73. The van der Waals surface area contributed by atoms with E-state index in [9.17, 15) is 4.39 Å². The highest BCUT2D eigenvalue weighted by molar-refractivity contribution is 5.58. The molecule has 1 aromatic carbocycles. The van der Waals surface area contributed by atoms with E-state index in [4.69, 9.17) is 5.26 Å². The number of hydrogen-bond donors (Lipinski definition) is 0. The summed E-state index contributed by atoms with van der Waals surface area (Å²) in [7, 11) is 0. The Labute approximate surface area is 155 Å². The number of piperidine rings is 1. The summed E-state index contributed by atoms with van der Waals surface area (Å²) in [6, 6.07) is 13.6. The molecule has 0 N–H and O–H groups in total. The Kier molecular flexibility index (Phi) is 6.00. The lowest BCUT2D eigenvalue weighted by molar-refractivity contribution is 0.0922. The van der Waals surface area contributed by atoms with Crippen LogP contribution in [0.2, 0.25) is 0 Å². The molecule has 2 heterocycles. The average Bonchev–Trinajstić information content (AvgIpc) is 2.66. The molecule has 0 unspecified atom stereocenters. The van der Waals surface area contributed by atoms with Gasteiger partial charge in [-0.1, -0.05) is 43.7 Å². The number of halogens is 1. The van der Waals surface area contributed by atoms with Crippen LogP contribution >= 0.6 is 0 Å². The maximum atomic E-state index is 14.6. The highest BCUT2D eigenvalue weighted by atomic mass is 19.1. The number of hydrogen-bond acceptors (Lipinski definition) is 3. The number of aromatic nitrogens is 1. The Balaban J connectivity index is 1.64. The molecule has 26 heavy (non-hydrogen) atoms. The van der Waals surface area contributed by atoms with E-state index in [-0.39, 0.29) is 11.2 Å². The van der Waals surface area contributed by atoms with E-state index in [1.54, 1.807) is 6.20 Å². The van der Waals surface area contributed by atoms with Gasteiger partial charge in [-0.15, -0.1) is 0 Å². The first-order valence-electron chi connectivity index (χ1n) is 9.45. The maximum absolute atomic E-state index is 14.6. The van der Waals surface area contributed by atoms with E-state index in [1.165, 1.54) is 6.07 Å². The third kappa shape index (κ3) is 4.28. The van der Waals surface area contributed by atoms with Gasteiger partial charge in [-0.3, -0.25) is 9.88 Å². The van der Waals surface area contributed by atoms with Gasteiger partial charge in [0.1, 0.15) is 5.82 Å². The first-order valence-corrected chi connectivity index (χ1v) is 9.45. The molecular weight excluding hydrogens is 325 g/mol. The number of nitrogens with zero attached hydrogens (tertiary/aromatic N) is 3. The summed E-state index contributed by atoms with van der Waals surface area (Å²) in [5, 5.41) is 9.15. The van der Waals surface area contributed by atoms with Crippen LogP contribution < -0.4 is 0 Å². The van der Waals surface area contributed by atoms with Gasteiger partial charge < -0.3 is 0 Å². The second-order valence-corrected chi connectivity index (χ2v) is 7.39. The molecule has 0 spiro atoms. The van der Waals surface area contributed by atoms with Crippen molar-refractivity contribution in [3.8, 4) is 17.3 Å². The van der Waals surface area contributed by atoms with Crippen LogP contribution in [-0.2, 0) is 6.54 Å². The largest absolute Gasteiger partial charge is 0.299 e. The minimum absolute atomic E-state index is 0.161. The summed E-state index contributed by atoms with van der Waals surface area (Å²) in [6.07, 6.45) is 6.56. The van der Waals surface area contributed by atoms with Gasteiger partial charge in [0, 0.05) is 36.4 Å². The fourth-order valence-electron chi connectivity index (χ4n) is 3.98. The molecule has 1 fully saturated rings. The molecule has 4 heteroatoms. The summed E-state index contributed by atoms with van der Waals surface area (Å²) >= 11 is 0. The Morgan fingerprint density at radius 3 is 2.58 bits per heavy atom. The zero-order valence-electron chi connectivity index (χ0n) is 15.4. The molecule has 1 saturated heterocycles. The van der Waals surface area contributed by atoms with Gasteiger partial charge in [0.05, 0.1) is 11.8 Å². The van der Waals surface area contributed by atoms with E-state index >= 15 is 0 Å². The molecule has 1 aliphatic heterocycles. The summed E-state index contributed by atoms with van der Waals surface area (Å²) in [6.45, 7) is 4.60. The van der Waals surface area contributed by atoms with Crippen LogP contribution in [0.3, 0.4) is 0 Å². The maximum Gasteiger partial charge on any atom is 0.131 e. The van der Waals surface area contributed by atoms with Crippen molar-refractivity contribution in [1.29, 1.82) is 5.26 Å². The number of pyridine rings is 1. The van der Waals surface area contributed by atoms with Gasteiger partial charge in [0.25, 0.3) is 0 Å². The van der Waals surface area contributed by atoms with Gasteiger partial charge in [0.15, 0.2) is 0 Å². The molecule has 136 valence electrons. The number of nitriles is 1. The van der Waals surface area contributed by atoms with Crippen LogP contribution in [0.4, 0.5) is 4.39 Å². The summed E-state index contributed by atoms with van der Waals surface area (Å²) < 4.78 is 14.6. The third-order valence-electron chi connectivity index (χ3n) is 5.54. The molecule has 1 aromatic heterocycles. The minimum Gasteiger partial charge on any atom is -0.299 e. The van der Waals surface area contributed by atoms with Crippen molar-refractivity contribution >= 4 is 0 Å². The molecule has 2 aromatic rings. The van der Waals surface area contributed by atoms with Gasteiger partial charge in [-0.25, -0.2) is 4.39 Å². The van der Waals surface area contributed by atoms with Crippen LogP contribution in [-0.4, -0.2) is 23.0 Å². The van der Waals surface area contributed by atoms with Crippen molar-refractivity contribution in [3.05, 3.63) is 54.0 Å². The standard InChI is InChI=1S/C22H26FN3/c1-2-8-22(9-12-24)10-13-26(14-11-22)17-19-16-25-21(15-20(19)23)18-6-4-3-5-7-18/h3-7,15-16H,2,8-11,13-14,17H2,1H3. The molecule has 0 radical (unpaired) electrons. The zero-order chi connectivity index (χ0) is 18.4. The fraction of sp³-hybridized carbons (Fsp3) is 0.455. The van der Waals surface area contributed by atoms with Crippen LogP contribution in [0, 0.1) is 22.6 Å². The quantitative estimate of drug-likeness (QED) is 0.719. The molecule has 3 nitrogen and oxygen atoms in total. The Morgan fingerprint density at radius 1 is 1.23 bits per heavy atom. The van der Waals surface area contributed by atoms with Crippen molar-refractivity contribution < 1.29 is 4.39 Å².